The van der Waals surface area contributed by atoms with Gasteiger partial charge in [0, 0.05) is 5.56 Å². The summed E-state index contributed by atoms with van der Waals surface area (Å²) in [6.07, 6.45) is 0. The van der Waals surface area contributed by atoms with Gasteiger partial charge in [0.1, 0.15) is 17.0 Å². The van der Waals surface area contributed by atoms with E-state index in [-0.39, 0.29) is 5.60 Å². The maximum Gasteiger partial charge on any atom is 0.120 e. The second-order valence-electron chi connectivity index (χ2n) is 5.35. The van der Waals surface area contributed by atoms with Crippen molar-refractivity contribution < 1.29 is 4.74 Å². The lowest BCUT2D eigenvalue weighted by Gasteiger charge is -2.21. The molecule has 0 unspecified atom stereocenters. The van der Waals surface area contributed by atoms with Crippen LogP contribution in [0.4, 0.5) is 5.69 Å². The van der Waals surface area contributed by atoms with E-state index in [2.05, 4.69) is 10.2 Å². The Morgan fingerprint density at radius 3 is 2.22 bits per heavy atom. The maximum atomic E-state index is 5.95. The number of aryl methyl sites for hydroxylation is 1. The highest BCUT2D eigenvalue weighted by Gasteiger charge is 2.13. The van der Waals surface area contributed by atoms with Gasteiger partial charge in [-0.1, -0.05) is 0 Å². The Morgan fingerprint density at radius 2 is 1.78 bits per heavy atom. The Balaban J connectivity index is 2.25. The quantitative estimate of drug-likeness (QED) is 0.854. The van der Waals surface area contributed by atoms with Crippen molar-refractivity contribution in [3.63, 3.8) is 0 Å². The number of nitrogen functional groups attached to an aromatic ring is 1. The predicted octanol–water partition coefficient (Wildman–Crippen LogP) is 3.14. The first-order valence-electron chi connectivity index (χ1n) is 5.97. The molecule has 0 aliphatic rings. The fourth-order valence-corrected chi connectivity index (χ4v) is 1.69. The number of hydrogen-bond acceptors (Lipinski definition) is 3. The molecule has 1 aromatic carbocycles. The number of benzene rings is 1. The van der Waals surface area contributed by atoms with Gasteiger partial charge in [0.05, 0.1) is 11.4 Å². The summed E-state index contributed by atoms with van der Waals surface area (Å²) in [6, 6.07) is 7.80. The molecule has 2 rings (SSSR count). The van der Waals surface area contributed by atoms with Crippen molar-refractivity contribution in [1.29, 1.82) is 0 Å². The monoisotopic (exact) mass is 245 g/mol. The minimum absolute atomic E-state index is 0.191. The number of H-pyrrole nitrogens is 1. The number of aromatic amines is 1. The van der Waals surface area contributed by atoms with Crippen LogP contribution in [0.15, 0.2) is 24.3 Å². The van der Waals surface area contributed by atoms with E-state index < -0.39 is 0 Å². The van der Waals surface area contributed by atoms with Crippen molar-refractivity contribution >= 4 is 5.69 Å². The average Bonchev–Trinajstić information content (AvgIpc) is 2.59. The lowest BCUT2D eigenvalue weighted by molar-refractivity contribution is 0.131. The van der Waals surface area contributed by atoms with Gasteiger partial charge in [-0.25, -0.2) is 0 Å². The van der Waals surface area contributed by atoms with Gasteiger partial charge < -0.3 is 10.5 Å². The molecule has 0 spiro atoms. The van der Waals surface area contributed by atoms with E-state index in [9.17, 15) is 0 Å². The molecule has 0 saturated heterocycles. The van der Waals surface area contributed by atoms with Crippen LogP contribution in [0.25, 0.3) is 11.3 Å². The largest absolute Gasteiger partial charge is 0.488 e. The topological polar surface area (TPSA) is 63.9 Å². The fraction of sp³-hybridized carbons (Fsp3) is 0.357. The average molecular weight is 245 g/mol. The number of anilines is 1. The van der Waals surface area contributed by atoms with Gasteiger partial charge in [-0.15, -0.1) is 0 Å². The minimum Gasteiger partial charge on any atom is -0.488 e. The highest BCUT2D eigenvalue weighted by molar-refractivity contribution is 5.74. The molecule has 0 bridgehead atoms. The Kier molecular flexibility index (Phi) is 3.03. The summed E-state index contributed by atoms with van der Waals surface area (Å²) in [5.41, 5.74) is 9.11. The number of hydrogen-bond donors (Lipinski definition) is 2. The van der Waals surface area contributed by atoms with Gasteiger partial charge in [-0.05, 0) is 52.0 Å². The summed E-state index contributed by atoms with van der Waals surface area (Å²) in [6.45, 7) is 7.98. The first kappa shape index (κ1) is 12.5. The van der Waals surface area contributed by atoms with Crippen molar-refractivity contribution in [3.8, 4) is 17.0 Å². The van der Waals surface area contributed by atoms with Crippen LogP contribution in [0.2, 0.25) is 0 Å². The number of ether oxygens (including phenoxy) is 1. The Bertz CT molecular complexity index is 535. The van der Waals surface area contributed by atoms with E-state index >= 15 is 0 Å². The van der Waals surface area contributed by atoms with E-state index in [4.69, 9.17) is 10.5 Å². The van der Waals surface area contributed by atoms with Crippen LogP contribution in [0.1, 0.15) is 26.5 Å². The minimum atomic E-state index is -0.191. The van der Waals surface area contributed by atoms with Gasteiger partial charge >= 0.3 is 0 Å². The molecular formula is C14H19N3O. The number of rotatable bonds is 2. The molecule has 1 heterocycles. The summed E-state index contributed by atoms with van der Waals surface area (Å²) in [7, 11) is 0. The highest BCUT2D eigenvalue weighted by Crippen LogP contribution is 2.28. The SMILES string of the molecule is Cc1[nH]nc(-c2ccc(OC(C)(C)C)cc2)c1N. The molecule has 0 atom stereocenters. The predicted molar refractivity (Wildman–Crippen MR) is 73.6 cm³/mol. The molecule has 0 radical (unpaired) electrons. The highest BCUT2D eigenvalue weighted by atomic mass is 16.5. The molecule has 3 N–H and O–H groups in total. The van der Waals surface area contributed by atoms with Crippen molar-refractivity contribution in [2.45, 2.75) is 33.3 Å². The molecule has 96 valence electrons. The van der Waals surface area contributed by atoms with Gasteiger partial charge in [0.2, 0.25) is 0 Å². The summed E-state index contributed by atoms with van der Waals surface area (Å²) >= 11 is 0. The Morgan fingerprint density at radius 1 is 1.17 bits per heavy atom. The van der Waals surface area contributed by atoms with Crippen molar-refractivity contribution in [2.75, 3.05) is 5.73 Å². The van der Waals surface area contributed by atoms with Crippen LogP contribution < -0.4 is 10.5 Å². The van der Waals surface area contributed by atoms with Gasteiger partial charge in [0.15, 0.2) is 0 Å². The van der Waals surface area contributed by atoms with Gasteiger partial charge in [-0.2, -0.15) is 5.10 Å². The molecule has 4 heteroatoms. The van der Waals surface area contributed by atoms with Gasteiger partial charge in [-0.3, -0.25) is 5.10 Å². The van der Waals surface area contributed by atoms with Crippen LogP contribution in [0.3, 0.4) is 0 Å². The molecule has 0 amide bonds. The zero-order valence-electron chi connectivity index (χ0n) is 11.2. The molecule has 0 fully saturated rings. The fourth-order valence-electron chi connectivity index (χ4n) is 1.69. The van der Waals surface area contributed by atoms with E-state index in [0.717, 1.165) is 22.7 Å². The summed E-state index contributed by atoms with van der Waals surface area (Å²) < 4.78 is 5.77. The van der Waals surface area contributed by atoms with E-state index in [1.807, 2.05) is 52.0 Å². The van der Waals surface area contributed by atoms with E-state index in [0.29, 0.717) is 5.69 Å². The normalized spacial score (nSPS) is 11.6. The molecule has 4 nitrogen and oxygen atoms in total. The van der Waals surface area contributed by atoms with Crippen LogP contribution in [-0.2, 0) is 0 Å². The summed E-state index contributed by atoms with van der Waals surface area (Å²) in [4.78, 5) is 0. The zero-order chi connectivity index (χ0) is 13.3. The first-order chi connectivity index (χ1) is 8.37. The van der Waals surface area contributed by atoms with Crippen LogP contribution >= 0.6 is 0 Å². The molecule has 18 heavy (non-hydrogen) atoms. The lowest BCUT2D eigenvalue weighted by Crippen LogP contribution is -2.22. The second kappa shape index (κ2) is 4.37. The van der Waals surface area contributed by atoms with Crippen LogP contribution in [0, 0.1) is 6.92 Å². The number of nitrogens with zero attached hydrogens (tertiary/aromatic N) is 1. The van der Waals surface area contributed by atoms with Gasteiger partial charge in [0.25, 0.3) is 0 Å². The summed E-state index contributed by atoms with van der Waals surface area (Å²) in [5.74, 6) is 0.845. The van der Waals surface area contributed by atoms with Crippen molar-refractivity contribution in [3.05, 3.63) is 30.0 Å². The third-order valence-electron chi connectivity index (χ3n) is 2.55. The maximum absolute atomic E-state index is 5.95. The standard InChI is InChI=1S/C14H19N3O/c1-9-12(15)13(17-16-9)10-5-7-11(8-6-10)18-14(2,3)4/h5-8H,15H2,1-4H3,(H,16,17). The van der Waals surface area contributed by atoms with Crippen molar-refractivity contribution in [1.82, 2.24) is 10.2 Å². The Hall–Kier alpha value is -1.97. The molecular weight excluding hydrogens is 226 g/mol. The molecule has 0 aliphatic heterocycles. The Labute approximate surface area is 107 Å². The first-order valence-corrected chi connectivity index (χ1v) is 5.97. The molecule has 1 aromatic heterocycles. The molecule has 0 saturated carbocycles. The van der Waals surface area contributed by atoms with Crippen molar-refractivity contribution in [2.24, 2.45) is 0 Å². The smallest absolute Gasteiger partial charge is 0.120 e. The van der Waals surface area contributed by atoms with E-state index in [1.165, 1.54) is 0 Å². The van der Waals surface area contributed by atoms with E-state index in [1.54, 1.807) is 0 Å². The number of nitrogens with one attached hydrogen (secondary N) is 1. The lowest BCUT2D eigenvalue weighted by atomic mass is 10.1. The molecule has 0 aliphatic carbocycles. The molecule has 2 aromatic rings. The van der Waals surface area contributed by atoms with Crippen LogP contribution in [-0.4, -0.2) is 15.8 Å². The third-order valence-corrected chi connectivity index (χ3v) is 2.55. The summed E-state index contributed by atoms with van der Waals surface area (Å²) in [5, 5.41) is 7.08. The zero-order valence-corrected chi connectivity index (χ0v) is 11.2. The number of aromatic nitrogens is 2. The second-order valence-corrected chi connectivity index (χ2v) is 5.35. The van der Waals surface area contributed by atoms with Crippen LogP contribution in [0.5, 0.6) is 5.75 Å². The third kappa shape index (κ3) is 2.64. The number of nitrogens with two attached hydrogens (primary N) is 1.